The minimum Gasteiger partial charge on any atom is -0.359 e. The second-order valence-corrected chi connectivity index (χ2v) is 7.00. The van der Waals surface area contributed by atoms with Crippen LogP contribution in [0.15, 0.2) is 5.10 Å². The van der Waals surface area contributed by atoms with Gasteiger partial charge in [-0.2, -0.15) is 5.10 Å². The van der Waals surface area contributed by atoms with Crippen molar-refractivity contribution in [2.45, 2.75) is 77.7 Å². The molecule has 0 radical (unpaired) electrons. The highest BCUT2D eigenvalue weighted by Gasteiger charge is 2.29. The maximum atomic E-state index is 5.26. The summed E-state index contributed by atoms with van der Waals surface area (Å²) in [6, 6.07) is 0.357. The van der Waals surface area contributed by atoms with Crippen LogP contribution in [-0.4, -0.2) is 16.9 Å². The standard InChI is InChI=1S/C16H29N3S/c1-12(2)17-16(20)19-18-15-11-7-6-10-14(15)13-8-4-3-5-9-13/h12-14H,3-11H2,1-2H3,(H2,17,19,20)/t14-/m1/s1. The summed E-state index contributed by atoms with van der Waals surface area (Å²) in [5, 5.41) is 8.50. The van der Waals surface area contributed by atoms with Gasteiger partial charge in [-0.15, -0.1) is 0 Å². The fourth-order valence-electron chi connectivity index (χ4n) is 3.62. The molecule has 2 N–H and O–H groups in total. The topological polar surface area (TPSA) is 36.4 Å². The molecule has 0 amide bonds. The van der Waals surface area contributed by atoms with E-state index in [0.717, 1.165) is 12.3 Å². The lowest BCUT2D eigenvalue weighted by Gasteiger charge is -2.34. The van der Waals surface area contributed by atoms with Crippen LogP contribution in [0.5, 0.6) is 0 Å². The minimum absolute atomic E-state index is 0.357. The Morgan fingerprint density at radius 1 is 1.10 bits per heavy atom. The minimum atomic E-state index is 0.357. The summed E-state index contributed by atoms with van der Waals surface area (Å²) in [5.41, 5.74) is 4.43. The molecular weight excluding hydrogens is 266 g/mol. The molecule has 0 unspecified atom stereocenters. The zero-order chi connectivity index (χ0) is 14.4. The van der Waals surface area contributed by atoms with Crippen molar-refractivity contribution in [3.8, 4) is 0 Å². The van der Waals surface area contributed by atoms with Crippen LogP contribution in [-0.2, 0) is 0 Å². The molecule has 2 aliphatic rings. The molecule has 2 saturated carbocycles. The smallest absolute Gasteiger partial charge is 0.187 e. The Morgan fingerprint density at radius 2 is 1.80 bits per heavy atom. The molecule has 3 nitrogen and oxygen atoms in total. The first kappa shape index (κ1) is 15.7. The van der Waals surface area contributed by atoms with Crippen LogP contribution in [0.2, 0.25) is 0 Å². The summed E-state index contributed by atoms with van der Waals surface area (Å²) in [4.78, 5) is 0. The molecule has 0 aromatic rings. The summed E-state index contributed by atoms with van der Waals surface area (Å²) < 4.78 is 0. The van der Waals surface area contributed by atoms with Gasteiger partial charge < -0.3 is 5.32 Å². The van der Waals surface area contributed by atoms with Crippen molar-refractivity contribution in [2.75, 3.05) is 0 Å². The third-order valence-corrected chi connectivity index (χ3v) is 4.77. The first-order valence-electron chi connectivity index (χ1n) is 8.30. The van der Waals surface area contributed by atoms with Crippen LogP contribution < -0.4 is 10.7 Å². The Labute approximate surface area is 129 Å². The maximum absolute atomic E-state index is 5.26. The summed E-state index contributed by atoms with van der Waals surface area (Å²) >= 11 is 5.26. The van der Waals surface area contributed by atoms with Crippen molar-refractivity contribution in [1.82, 2.24) is 10.7 Å². The van der Waals surface area contributed by atoms with Gasteiger partial charge in [-0.1, -0.05) is 25.7 Å². The number of hydrazone groups is 1. The Kier molecular flexibility index (Phi) is 6.27. The molecule has 0 bridgehead atoms. The van der Waals surface area contributed by atoms with Crippen molar-refractivity contribution < 1.29 is 0 Å². The number of nitrogens with zero attached hydrogens (tertiary/aromatic N) is 1. The van der Waals surface area contributed by atoms with Crippen LogP contribution in [0.1, 0.15) is 71.6 Å². The van der Waals surface area contributed by atoms with E-state index in [-0.39, 0.29) is 0 Å². The van der Waals surface area contributed by atoms with E-state index in [1.165, 1.54) is 57.1 Å². The van der Waals surface area contributed by atoms with Gasteiger partial charge in [-0.05, 0) is 64.1 Å². The van der Waals surface area contributed by atoms with Crippen molar-refractivity contribution in [2.24, 2.45) is 16.9 Å². The van der Waals surface area contributed by atoms with Gasteiger partial charge in [0.25, 0.3) is 0 Å². The summed E-state index contributed by atoms with van der Waals surface area (Å²) in [7, 11) is 0. The van der Waals surface area contributed by atoms with Crippen LogP contribution in [0, 0.1) is 11.8 Å². The van der Waals surface area contributed by atoms with Gasteiger partial charge in [0.2, 0.25) is 0 Å². The molecule has 1 atom stereocenters. The van der Waals surface area contributed by atoms with Crippen molar-refractivity contribution >= 4 is 23.0 Å². The number of rotatable bonds is 3. The van der Waals surface area contributed by atoms with Crippen molar-refractivity contribution in [1.29, 1.82) is 0 Å². The molecule has 114 valence electrons. The number of hydrogen-bond donors (Lipinski definition) is 2. The van der Waals surface area contributed by atoms with Crippen LogP contribution in [0.3, 0.4) is 0 Å². The molecule has 0 heterocycles. The molecule has 2 fully saturated rings. The fourth-order valence-corrected chi connectivity index (χ4v) is 3.90. The lowest BCUT2D eigenvalue weighted by Crippen LogP contribution is -2.38. The molecule has 4 heteroatoms. The van der Waals surface area contributed by atoms with E-state index in [1.54, 1.807) is 0 Å². The number of hydrogen-bond acceptors (Lipinski definition) is 2. The van der Waals surface area contributed by atoms with Gasteiger partial charge in [0.1, 0.15) is 0 Å². The lowest BCUT2D eigenvalue weighted by atomic mass is 9.72. The van der Waals surface area contributed by atoms with Gasteiger partial charge in [0.05, 0.1) is 0 Å². The molecule has 0 aromatic carbocycles. The monoisotopic (exact) mass is 295 g/mol. The molecular formula is C16H29N3S. The van der Waals surface area contributed by atoms with E-state index < -0.39 is 0 Å². The Balaban J connectivity index is 1.93. The average molecular weight is 295 g/mol. The molecule has 0 spiro atoms. The number of nitrogens with one attached hydrogen (secondary N) is 2. The van der Waals surface area contributed by atoms with E-state index in [1.807, 2.05) is 0 Å². The van der Waals surface area contributed by atoms with E-state index in [0.29, 0.717) is 17.1 Å². The quantitative estimate of drug-likeness (QED) is 0.610. The van der Waals surface area contributed by atoms with Gasteiger partial charge in [0.15, 0.2) is 5.11 Å². The highest BCUT2D eigenvalue weighted by atomic mass is 32.1. The predicted molar refractivity (Wildman–Crippen MR) is 90.0 cm³/mol. The lowest BCUT2D eigenvalue weighted by molar-refractivity contribution is 0.274. The normalized spacial score (nSPS) is 26.8. The van der Waals surface area contributed by atoms with Gasteiger partial charge in [0, 0.05) is 17.7 Å². The van der Waals surface area contributed by atoms with Crippen molar-refractivity contribution in [3.63, 3.8) is 0 Å². The third kappa shape index (κ3) is 4.72. The summed E-state index contributed by atoms with van der Waals surface area (Å²) in [5.74, 6) is 1.58. The second-order valence-electron chi connectivity index (χ2n) is 6.59. The molecule has 0 aromatic heterocycles. The molecule has 2 aliphatic carbocycles. The average Bonchev–Trinajstić information content (AvgIpc) is 2.46. The zero-order valence-electron chi connectivity index (χ0n) is 13.0. The van der Waals surface area contributed by atoms with Gasteiger partial charge in [-0.25, -0.2) is 0 Å². The number of thiocarbonyl (C=S) groups is 1. The van der Waals surface area contributed by atoms with Crippen LogP contribution in [0.4, 0.5) is 0 Å². The third-order valence-electron chi connectivity index (χ3n) is 4.57. The Bertz CT molecular complexity index is 346. The highest BCUT2D eigenvalue weighted by molar-refractivity contribution is 7.80. The van der Waals surface area contributed by atoms with Crippen LogP contribution in [0.25, 0.3) is 0 Å². The van der Waals surface area contributed by atoms with Gasteiger partial charge >= 0.3 is 0 Å². The molecule has 0 saturated heterocycles. The predicted octanol–water partition coefficient (Wildman–Crippen LogP) is 3.99. The van der Waals surface area contributed by atoms with Crippen molar-refractivity contribution in [3.05, 3.63) is 0 Å². The van der Waals surface area contributed by atoms with E-state index in [2.05, 4.69) is 29.7 Å². The summed E-state index contributed by atoms with van der Waals surface area (Å²) in [6.45, 7) is 4.18. The first-order valence-corrected chi connectivity index (χ1v) is 8.70. The fraction of sp³-hybridized carbons (Fsp3) is 0.875. The van der Waals surface area contributed by atoms with Gasteiger partial charge in [-0.3, -0.25) is 5.43 Å². The maximum Gasteiger partial charge on any atom is 0.187 e. The molecule has 0 aliphatic heterocycles. The van der Waals surface area contributed by atoms with E-state index >= 15 is 0 Å². The second kappa shape index (κ2) is 7.96. The highest BCUT2D eigenvalue weighted by Crippen LogP contribution is 2.36. The SMILES string of the molecule is CC(C)NC(=S)NN=C1CCCC[C@@H]1C1CCCCC1. The molecule has 2 rings (SSSR count). The molecule has 20 heavy (non-hydrogen) atoms. The Hall–Kier alpha value is -0.640. The largest absolute Gasteiger partial charge is 0.359 e. The van der Waals surface area contributed by atoms with E-state index in [9.17, 15) is 0 Å². The first-order chi connectivity index (χ1) is 9.66. The summed E-state index contributed by atoms with van der Waals surface area (Å²) in [6.07, 6.45) is 12.2. The van der Waals surface area contributed by atoms with Crippen LogP contribution >= 0.6 is 12.2 Å². The zero-order valence-corrected chi connectivity index (χ0v) is 13.8. The van der Waals surface area contributed by atoms with E-state index in [4.69, 9.17) is 12.2 Å². The Morgan fingerprint density at radius 3 is 2.50 bits per heavy atom.